The Balaban J connectivity index is 1.57. The lowest BCUT2D eigenvalue weighted by molar-refractivity contribution is 0.0992. The van der Waals surface area contributed by atoms with Gasteiger partial charge >= 0.3 is 0 Å². The normalized spacial score (nSPS) is 10.9. The van der Waals surface area contributed by atoms with Gasteiger partial charge in [-0.1, -0.05) is 35.9 Å². The zero-order valence-corrected chi connectivity index (χ0v) is 17.5. The van der Waals surface area contributed by atoms with E-state index in [1.165, 1.54) is 0 Å². The fraction of sp³-hybridized carbons (Fsp3) is 0.130. The number of Topliss-reactive ketones (excluding diaryl/α,β-unsaturated/α-hetero) is 1. The number of carbonyl (C=O) groups is 1. The lowest BCUT2D eigenvalue weighted by atomic mass is 10.0. The van der Waals surface area contributed by atoms with Crippen molar-refractivity contribution in [3.05, 3.63) is 76.8 Å². The van der Waals surface area contributed by atoms with Crippen molar-refractivity contribution in [1.29, 1.82) is 0 Å². The molecule has 0 bridgehead atoms. The highest BCUT2D eigenvalue weighted by Crippen LogP contribution is 2.35. The Morgan fingerprint density at radius 1 is 1.00 bits per heavy atom. The molecule has 0 saturated heterocycles. The summed E-state index contributed by atoms with van der Waals surface area (Å²) in [4.78, 5) is 17.4. The smallest absolute Gasteiger partial charge is 0.167 e. The van der Waals surface area contributed by atoms with Crippen molar-refractivity contribution in [3.63, 3.8) is 0 Å². The molecule has 0 atom stereocenters. The van der Waals surface area contributed by atoms with Crippen LogP contribution in [0, 0.1) is 0 Å². The summed E-state index contributed by atoms with van der Waals surface area (Å²) >= 11 is 8.13. The molecule has 0 saturated carbocycles. The molecule has 0 N–H and O–H groups in total. The van der Waals surface area contributed by atoms with Crippen molar-refractivity contribution in [2.24, 2.45) is 0 Å². The molecule has 0 aliphatic heterocycles. The van der Waals surface area contributed by atoms with Gasteiger partial charge in [0.2, 0.25) is 0 Å². The Morgan fingerprint density at radius 2 is 1.79 bits per heavy atom. The molecule has 0 unspecified atom stereocenters. The fourth-order valence-electron chi connectivity index (χ4n) is 3.13. The van der Waals surface area contributed by atoms with Gasteiger partial charge in [-0.3, -0.25) is 4.79 Å². The summed E-state index contributed by atoms with van der Waals surface area (Å²) in [6, 6.07) is 18.8. The van der Waals surface area contributed by atoms with Gasteiger partial charge in [0.15, 0.2) is 17.3 Å². The number of para-hydroxylation sites is 1. The van der Waals surface area contributed by atoms with Crippen LogP contribution in [0.5, 0.6) is 11.5 Å². The van der Waals surface area contributed by atoms with E-state index in [-0.39, 0.29) is 12.2 Å². The Labute approximate surface area is 177 Å². The Kier molecular flexibility index (Phi) is 5.51. The van der Waals surface area contributed by atoms with Gasteiger partial charge < -0.3 is 9.47 Å². The number of halogens is 1. The summed E-state index contributed by atoms with van der Waals surface area (Å²) in [7, 11) is 3.11. The maximum atomic E-state index is 12.7. The van der Waals surface area contributed by atoms with Gasteiger partial charge in [0.05, 0.1) is 29.5 Å². The van der Waals surface area contributed by atoms with Gasteiger partial charge in [-0.25, -0.2) is 4.98 Å². The molecule has 0 aliphatic carbocycles. The van der Waals surface area contributed by atoms with E-state index in [0.29, 0.717) is 22.1 Å². The van der Waals surface area contributed by atoms with E-state index in [0.717, 1.165) is 26.4 Å². The van der Waals surface area contributed by atoms with E-state index in [2.05, 4.69) is 4.98 Å². The highest BCUT2D eigenvalue weighted by Gasteiger charge is 2.14. The van der Waals surface area contributed by atoms with Crippen LogP contribution >= 0.6 is 22.9 Å². The highest BCUT2D eigenvalue weighted by atomic mass is 35.5. The average Bonchev–Trinajstić information content (AvgIpc) is 3.17. The summed E-state index contributed by atoms with van der Waals surface area (Å²) in [5.74, 6) is 1.10. The summed E-state index contributed by atoms with van der Waals surface area (Å²) in [6.45, 7) is 0. The Hall–Kier alpha value is -2.89. The topological polar surface area (TPSA) is 48.4 Å². The van der Waals surface area contributed by atoms with E-state index in [1.807, 2.05) is 42.5 Å². The Morgan fingerprint density at radius 3 is 2.52 bits per heavy atom. The van der Waals surface area contributed by atoms with Crippen molar-refractivity contribution in [2.75, 3.05) is 14.2 Å². The molecule has 4 rings (SSSR count). The lowest BCUT2D eigenvalue weighted by Crippen LogP contribution is -2.04. The molecule has 3 aromatic carbocycles. The van der Waals surface area contributed by atoms with Crippen LogP contribution in [0.2, 0.25) is 5.02 Å². The second-order valence-electron chi connectivity index (χ2n) is 6.47. The molecule has 0 fully saturated rings. The van der Waals surface area contributed by atoms with E-state index in [9.17, 15) is 4.79 Å². The number of fused-ring (bicyclic) bond motifs is 1. The van der Waals surface area contributed by atoms with Crippen molar-refractivity contribution >= 4 is 38.9 Å². The zero-order chi connectivity index (χ0) is 20.4. The first kappa shape index (κ1) is 19.4. The minimum Gasteiger partial charge on any atom is -0.493 e. The van der Waals surface area contributed by atoms with Gasteiger partial charge in [-0.15, -0.1) is 11.3 Å². The van der Waals surface area contributed by atoms with E-state index in [4.69, 9.17) is 21.1 Å². The molecule has 0 radical (unpaired) electrons. The van der Waals surface area contributed by atoms with Crippen LogP contribution in [-0.4, -0.2) is 25.0 Å². The molecule has 29 heavy (non-hydrogen) atoms. The predicted molar refractivity (Wildman–Crippen MR) is 118 cm³/mol. The number of hydrogen-bond donors (Lipinski definition) is 0. The summed E-state index contributed by atoms with van der Waals surface area (Å²) in [5, 5.41) is 1.45. The van der Waals surface area contributed by atoms with Gasteiger partial charge in [0, 0.05) is 17.5 Å². The number of ether oxygens (including phenoxy) is 2. The van der Waals surface area contributed by atoms with Crippen molar-refractivity contribution in [1.82, 2.24) is 4.98 Å². The minimum atomic E-state index is -0.0187. The highest BCUT2D eigenvalue weighted by molar-refractivity contribution is 7.21. The number of thiazole rings is 1. The van der Waals surface area contributed by atoms with Crippen molar-refractivity contribution < 1.29 is 14.3 Å². The summed E-state index contributed by atoms with van der Waals surface area (Å²) in [5.41, 5.74) is 3.24. The maximum Gasteiger partial charge on any atom is 0.167 e. The molecule has 6 heteroatoms. The number of benzene rings is 3. The fourth-order valence-corrected chi connectivity index (χ4v) is 4.48. The summed E-state index contributed by atoms with van der Waals surface area (Å²) in [6.07, 6.45) is 0.245. The number of rotatable bonds is 6. The number of carbonyl (C=O) groups excluding carboxylic acids is 1. The number of nitrogens with zero attached hydrogens (tertiary/aromatic N) is 1. The second kappa shape index (κ2) is 8.23. The predicted octanol–water partition coefficient (Wildman–Crippen LogP) is 6.06. The van der Waals surface area contributed by atoms with E-state index in [1.54, 1.807) is 43.8 Å². The van der Waals surface area contributed by atoms with Gasteiger partial charge in [-0.05, 0) is 42.0 Å². The van der Waals surface area contributed by atoms with Gasteiger partial charge in [0.1, 0.15) is 5.01 Å². The van der Waals surface area contributed by atoms with Crippen LogP contribution < -0.4 is 9.47 Å². The lowest BCUT2D eigenvalue weighted by Gasteiger charge is -2.09. The SMILES string of the molecule is COc1ccc(C(=O)Cc2ccc(-c3nc4ccccc4s3)c(Cl)c2)cc1OC. The largest absolute Gasteiger partial charge is 0.493 e. The molecule has 4 nitrogen and oxygen atoms in total. The van der Waals surface area contributed by atoms with Crippen molar-refractivity contribution in [2.45, 2.75) is 6.42 Å². The second-order valence-corrected chi connectivity index (χ2v) is 7.91. The number of methoxy groups -OCH3 is 2. The van der Waals surface area contributed by atoms with Gasteiger partial charge in [0.25, 0.3) is 0 Å². The first-order valence-corrected chi connectivity index (χ1v) is 10.2. The third-order valence-electron chi connectivity index (χ3n) is 4.63. The molecular weight excluding hydrogens is 406 g/mol. The first-order chi connectivity index (χ1) is 14.1. The third-order valence-corrected chi connectivity index (χ3v) is 6.01. The minimum absolute atomic E-state index is 0.0187. The molecular formula is C23H18ClNO3S. The van der Waals surface area contributed by atoms with Crippen LogP contribution in [0.15, 0.2) is 60.7 Å². The Bertz CT molecular complexity index is 1170. The standard InChI is InChI=1S/C23H18ClNO3S/c1-27-20-10-8-15(13-21(20)28-2)19(26)12-14-7-9-16(17(24)11-14)23-25-18-5-3-4-6-22(18)29-23/h3-11,13H,12H2,1-2H3. The van der Waals surface area contributed by atoms with Gasteiger partial charge in [-0.2, -0.15) is 0 Å². The van der Waals surface area contributed by atoms with Crippen LogP contribution in [0.4, 0.5) is 0 Å². The maximum absolute atomic E-state index is 12.7. The molecule has 1 aromatic heterocycles. The van der Waals surface area contributed by atoms with Crippen LogP contribution in [0.25, 0.3) is 20.8 Å². The van der Waals surface area contributed by atoms with Crippen LogP contribution in [-0.2, 0) is 6.42 Å². The van der Waals surface area contributed by atoms with E-state index < -0.39 is 0 Å². The first-order valence-electron chi connectivity index (χ1n) is 8.98. The molecule has 4 aromatic rings. The molecule has 146 valence electrons. The van der Waals surface area contributed by atoms with Crippen LogP contribution in [0.1, 0.15) is 15.9 Å². The zero-order valence-electron chi connectivity index (χ0n) is 15.9. The number of aromatic nitrogens is 1. The van der Waals surface area contributed by atoms with E-state index >= 15 is 0 Å². The molecule has 0 amide bonds. The number of hydrogen-bond acceptors (Lipinski definition) is 5. The third kappa shape index (κ3) is 3.97. The monoisotopic (exact) mass is 423 g/mol. The summed E-state index contributed by atoms with van der Waals surface area (Å²) < 4.78 is 11.6. The average molecular weight is 424 g/mol. The molecule has 1 heterocycles. The van der Waals surface area contributed by atoms with Crippen molar-refractivity contribution in [3.8, 4) is 22.1 Å². The molecule has 0 spiro atoms. The number of ketones is 1. The molecule has 0 aliphatic rings. The van der Waals surface area contributed by atoms with Crippen LogP contribution in [0.3, 0.4) is 0 Å². The quantitative estimate of drug-likeness (QED) is 0.354.